The maximum Gasteiger partial charge on any atom is 0.352 e. The van der Waals surface area contributed by atoms with Crippen molar-refractivity contribution in [3.8, 4) is 5.75 Å². The number of nitrogens with two attached hydrogens (primary N) is 1. The van der Waals surface area contributed by atoms with Crippen molar-refractivity contribution in [2.75, 3.05) is 11.5 Å². The van der Waals surface area contributed by atoms with E-state index in [0.29, 0.717) is 27.7 Å². The van der Waals surface area contributed by atoms with Crippen LogP contribution in [0, 0.1) is 0 Å². The molecule has 3 heterocycles. The number of fused-ring (bicyclic) bond motifs is 1. The van der Waals surface area contributed by atoms with Crippen molar-refractivity contribution in [1.29, 1.82) is 0 Å². The number of carbonyl (C=O) groups excluding carboxylic acids is 2. The van der Waals surface area contributed by atoms with E-state index < -0.39 is 35.2 Å². The molecule has 1 fully saturated rings. The lowest BCUT2D eigenvalue weighted by molar-refractivity contribution is -0.150. The number of aromatic amines is 1. The van der Waals surface area contributed by atoms with Crippen LogP contribution in [0.15, 0.2) is 46.8 Å². The highest BCUT2D eigenvalue weighted by Gasteiger charge is 2.54. The minimum Gasteiger partial charge on any atom is -0.508 e. The molecule has 1 aromatic carbocycles. The highest BCUT2D eigenvalue weighted by molar-refractivity contribution is 8.01. The second-order valence-electron chi connectivity index (χ2n) is 6.82. The summed E-state index contributed by atoms with van der Waals surface area (Å²) in [5.74, 6) is -1.45. The summed E-state index contributed by atoms with van der Waals surface area (Å²) in [6, 6.07) is 3.98. The summed E-state index contributed by atoms with van der Waals surface area (Å²) in [4.78, 5) is 38.4. The number of aromatic hydroxyl groups is 1. The highest BCUT2D eigenvalue weighted by atomic mass is 32.2. The van der Waals surface area contributed by atoms with Gasteiger partial charge in [0.1, 0.15) is 33.9 Å². The Morgan fingerprint density at radius 1 is 1.39 bits per heavy atom. The van der Waals surface area contributed by atoms with Crippen molar-refractivity contribution in [1.82, 2.24) is 25.6 Å². The number of phenols is 1. The number of benzene rings is 1. The lowest BCUT2D eigenvalue weighted by Crippen LogP contribution is -2.71. The van der Waals surface area contributed by atoms with Crippen LogP contribution in [0.25, 0.3) is 0 Å². The van der Waals surface area contributed by atoms with Crippen LogP contribution in [-0.2, 0) is 14.4 Å². The molecule has 3 atom stereocenters. The van der Waals surface area contributed by atoms with E-state index in [9.17, 15) is 24.6 Å². The molecule has 0 aliphatic carbocycles. The Morgan fingerprint density at radius 3 is 2.77 bits per heavy atom. The van der Waals surface area contributed by atoms with Crippen molar-refractivity contribution < 1.29 is 24.6 Å². The molecule has 6 N–H and O–H groups in total. The van der Waals surface area contributed by atoms with Crippen molar-refractivity contribution in [3.63, 3.8) is 0 Å². The van der Waals surface area contributed by atoms with E-state index in [1.165, 1.54) is 58.9 Å². The van der Waals surface area contributed by atoms with Gasteiger partial charge in [0.05, 0.1) is 6.20 Å². The fraction of sp³-hybridized carbons (Fsp3) is 0.278. The average molecular weight is 463 g/mol. The van der Waals surface area contributed by atoms with Crippen molar-refractivity contribution in [2.24, 2.45) is 5.73 Å². The zero-order valence-electron chi connectivity index (χ0n) is 15.9. The molecule has 1 aromatic heterocycles. The largest absolute Gasteiger partial charge is 0.508 e. The van der Waals surface area contributed by atoms with Crippen molar-refractivity contribution in [2.45, 2.75) is 22.5 Å². The number of thioether (sulfide) groups is 2. The lowest BCUT2D eigenvalue weighted by Gasteiger charge is -2.49. The van der Waals surface area contributed by atoms with E-state index in [2.05, 4.69) is 20.7 Å². The highest BCUT2D eigenvalue weighted by Crippen LogP contribution is 2.41. The number of β-lactam (4-membered cyclic amide) rings is 1. The van der Waals surface area contributed by atoms with Gasteiger partial charge in [0.2, 0.25) is 5.91 Å². The van der Waals surface area contributed by atoms with Crippen molar-refractivity contribution >= 4 is 41.3 Å². The second kappa shape index (κ2) is 8.61. The van der Waals surface area contributed by atoms with Gasteiger partial charge < -0.3 is 21.3 Å². The van der Waals surface area contributed by atoms with Gasteiger partial charge in [-0.3, -0.25) is 14.5 Å². The Hall–Kier alpha value is -3.03. The number of carboxylic acids is 1. The van der Waals surface area contributed by atoms with Gasteiger partial charge in [0, 0.05) is 11.5 Å². The molecule has 13 heteroatoms. The van der Waals surface area contributed by atoms with Crippen LogP contribution in [0.3, 0.4) is 0 Å². The molecular weight excluding hydrogens is 444 g/mol. The smallest absolute Gasteiger partial charge is 0.352 e. The molecule has 1 saturated heterocycles. The molecule has 4 rings (SSSR count). The number of nitrogens with one attached hydrogen (secondary N) is 2. The predicted molar refractivity (Wildman–Crippen MR) is 112 cm³/mol. The molecule has 1 unspecified atom stereocenters. The maximum atomic E-state index is 12.7. The van der Waals surface area contributed by atoms with Crippen LogP contribution in [0.4, 0.5) is 0 Å². The number of phenolic OH excluding ortho intramolecular Hbond substituents is 1. The van der Waals surface area contributed by atoms with Gasteiger partial charge in [-0.25, -0.2) is 4.79 Å². The number of H-pyrrole nitrogens is 1. The van der Waals surface area contributed by atoms with E-state index in [1.54, 1.807) is 0 Å². The third-order valence-electron chi connectivity index (χ3n) is 4.87. The number of aromatic nitrogens is 3. The van der Waals surface area contributed by atoms with Gasteiger partial charge in [-0.2, -0.15) is 10.3 Å². The molecular formula is C18H18N6O5S2. The van der Waals surface area contributed by atoms with Gasteiger partial charge in [0.25, 0.3) is 5.91 Å². The fourth-order valence-corrected chi connectivity index (χ4v) is 5.56. The SMILES string of the molecule is N[C@@H](C(=O)NC1C(=O)N2C(C(=O)O)=C(CSc3cn[nH]n3)CS[C@H]12)c1ccc(O)cc1. The zero-order valence-corrected chi connectivity index (χ0v) is 17.5. The summed E-state index contributed by atoms with van der Waals surface area (Å²) >= 11 is 2.70. The van der Waals surface area contributed by atoms with E-state index in [4.69, 9.17) is 5.73 Å². The minimum atomic E-state index is -1.19. The molecule has 2 aromatic rings. The molecule has 0 saturated carbocycles. The third kappa shape index (κ3) is 4.11. The number of rotatable bonds is 7. The third-order valence-corrected chi connectivity index (χ3v) is 7.19. The van der Waals surface area contributed by atoms with Gasteiger partial charge in [-0.15, -0.1) is 16.9 Å². The number of hydrogen-bond donors (Lipinski definition) is 5. The lowest BCUT2D eigenvalue weighted by atomic mass is 10.0. The Balaban J connectivity index is 1.45. The Labute approximate surface area is 184 Å². The van der Waals surface area contributed by atoms with E-state index in [1.807, 2.05) is 0 Å². The van der Waals surface area contributed by atoms with Crippen LogP contribution in [0.1, 0.15) is 11.6 Å². The first-order valence-corrected chi connectivity index (χ1v) is 11.1. The summed E-state index contributed by atoms with van der Waals surface area (Å²) in [5.41, 5.74) is 6.99. The van der Waals surface area contributed by atoms with Gasteiger partial charge in [0.15, 0.2) is 0 Å². The molecule has 11 nitrogen and oxygen atoms in total. The molecule has 31 heavy (non-hydrogen) atoms. The maximum absolute atomic E-state index is 12.7. The number of carbonyl (C=O) groups is 3. The zero-order chi connectivity index (χ0) is 22.1. The second-order valence-corrected chi connectivity index (χ2v) is 8.92. The topological polar surface area (TPSA) is 175 Å². The number of hydrogen-bond acceptors (Lipinski definition) is 9. The van der Waals surface area contributed by atoms with Crippen LogP contribution in [0.5, 0.6) is 5.75 Å². The number of carboxylic acid groups (broad SMARTS) is 1. The summed E-state index contributed by atoms with van der Waals surface area (Å²) < 4.78 is 0. The Morgan fingerprint density at radius 2 is 2.13 bits per heavy atom. The first-order chi connectivity index (χ1) is 14.9. The Bertz CT molecular complexity index is 1040. The quantitative estimate of drug-likeness (QED) is 0.279. The summed E-state index contributed by atoms with van der Waals surface area (Å²) in [5, 5.41) is 31.9. The minimum absolute atomic E-state index is 0.0466. The van der Waals surface area contributed by atoms with E-state index >= 15 is 0 Å². The monoisotopic (exact) mass is 462 g/mol. The first kappa shape index (κ1) is 21.2. The number of nitrogens with zero attached hydrogens (tertiary/aromatic N) is 3. The van der Waals surface area contributed by atoms with Crippen molar-refractivity contribution in [3.05, 3.63) is 47.3 Å². The van der Waals surface area contributed by atoms with Gasteiger partial charge in [-0.05, 0) is 23.3 Å². The van der Waals surface area contributed by atoms with Crippen LogP contribution >= 0.6 is 23.5 Å². The van der Waals surface area contributed by atoms with Crippen LogP contribution in [-0.4, -0.2) is 71.2 Å². The van der Waals surface area contributed by atoms with Gasteiger partial charge in [-0.1, -0.05) is 23.9 Å². The number of aliphatic carboxylic acids is 1. The summed E-state index contributed by atoms with van der Waals surface area (Å²) in [7, 11) is 0. The molecule has 0 spiro atoms. The molecule has 2 aliphatic rings. The summed E-state index contributed by atoms with van der Waals surface area (Å²) in [6.45, 7) is 0. The molecule has 2 amide bonds. The average Bonchev–Trinajstić information content (AvgIpc) is 3.28. The van der Waals surface area contributed by atoms with Gasteiger partial charge >= 0.3 is 5.97 Å². The van der Waals surface area contributed by atoms with E-state index in [-0.39, 0.29) is 11.4 Å². The predicted octanol–water partition coefficient (Wildman–Crippen LogP) is 0.0410. The fourth-order valence-electron chi connectivity index (χ4n) is 3.29. The standard InChI is InChI=1S/C18H18N6O5S2/c19-12(8-1-3-10(25)4-2-8)15(26)21-13-16(27)24-14(18(28)29)9(7-31-17(13)24)6-30-11-5-20-23-22-11/h1-5,12-13,17,25H,6-7,19H2,(H,21,26)(H,28,29)(H,20,22,23)/t12-,13?,17-/m1/s1. The molecule has 0 bridgehead atoms. The Kier molecular flexibility index (Phi) is 5.89. The number of amides is 2. The molecule has 2 aliphatic heterocycles. The summed E-state index contributed by atoms with van der Waals surface area (Å²) in [6.07, 6.45) is 1.53. The van der Waals surface area contributed by atoms with E-state index in [0.717, 1.165) is 0 Å². The molecule has 0 radical (unpaired) electrons. The van der Waals surface area contributed by atoms with Crippen LogP contribution < -0.4 is 11.1 Å². The van der Waals surface area contributed by atoms with Crippen LogP contribution in [0.2, 0.25) is 0 Å². The molecule has 162 valence electrons. The normalized spacial score (nSPS) is 21.3. The first-order valence-electron chi connectivity index (χ1n) is 9.10.